The van der Waals surface area contributed by atoms with E-state index in [1.54, 1.807) is 12.1 Å². The summed E-state index contributed by atoms with van der Waals surface area (Å²) in [5, 5.41) is 6.21. The topological polar surface area (TPSA) is 64.4 Å². The number of ether oxygens (including phenoxy) is 1. The highest BCUT2D eigenvalue weighted by Crippen LogP contribution is 2.17. The molecule has 1 heterocycles. The third kappa shape index (κ3) is 3.10. The zero-order valence-corrected chi connectivity index (χ0v) is 10.2. The Morgan fingerprint density at radius 1 is 1.33 bits per heavy atom. The lowest BCUT2D eigenvalue weighted by molar-refractivity contribution is 0.102. The summed E-state index contributed by atoms with van der Waals surface area (Å²) in [6, 6.07) is 7.18. The average Bonchev–Trinajstić information content (AvgIpc) is 2.84. The fraction of sp³-hybridized carbons (Fsp3) is 0.231. The van der Waals surface area contributed by atoms with Gasteiger partial charge in [-0.15, -0.1) is 0 Å². The third-order valence-corrected chi connectivity index (χ3v) is 2.18. The van der Waals surface area contributed by atoms with E-state index in [0.29, 0.717) is 11.3 Å². The van der Waals surface area contributed by atoms with Crippen LogP contribution in [0.15, 0.2) is 41.2 Å². The summed E-state index contributed by atoms with van der Waals surface area (Å²) < 4.78 is 10.1. The van der Waals surface area contributed by atoms with Crippen molar-refractivity contribution >= 4 is 11.6 Å². The number of hydrogen-bond donors (Lipinski definition) is 1. The van der Waals surface area contributed by atoms with Gasteiger partial charge in [-0.1, -0.05) is 5.16 Å². The molecule has 0 unspecified atom stereocenters. The van der Waals surface area contributed by atoms with E-state index in [1.165, 1.54) is 12.5 Å². The van der Waals surface area contributed by atoms with Crippen LogP contribution in [0.25, 0.3) is 0 Å². The molecule has 2 rings (SSSR count). The molecule has 0 aliphatic rings. The van der Waals surface area contributed by atoms with Crippen LogP contribution in [0.1, 0.15) is 24.2 Å². The minimum Gasteiger partial charge on any atom is -0.491 e. The highest BCUT2D eigenvalue weighted by molar-refractivity contribution is 6.03. The molecule has 1 N–H and O–H groups in total. The van der Waals surface area contributed by atoms with E-state index in [4.69, 9.17) is 4.74 Å². The molecule has 1 aromatic carbocycles. The second kappa shape index (κ2) is 5.35. The zero-order chi connectivity index (χ0) is 13.0. The minimum atomic E-state index is -0.256. The first-order chi connectivity index (χ1) is 8.65. The van der Waals surface area contributed by atoms with Crippen molar-refractivity contribution < 1.29 is 14.1 Å². The van der Waals surface area contributed by atoms with Crippen molar-refractivity contribution in [1.29, 1.82) is 0 Å². The van der Waals surface area contributed by atoms with E-state index in [9.17, 15) is 4.79 Å². The molecule has 1 aromatic heterocycles. The Balaban J connectivity index is 2.00. The SMILES string of the molecule is CC(C)Oc1ccc(NC(=O)c2cnoc2)cc1. The Kier molecular flexibility index (Phi) is 3.62. The highest BCUT2D eigenvalue weighted by Gasteiger charge is 2.08. The van der Waals surface area contributed by atoms with Crippen molar-refractivity contribution in [2.75, 3.05) is 5.32 Å². The van der Waals surface area contributed by atoms with Crippen LogP contribution in [0.3, 0.4) is 0 Å². The van der Waals surface area contributed by atoms with Gasteiger partial charge in [0.2, 0.25) is 0 Å². The van der Waals surface area contributed by atoms with Gasteiger partial charge in [0.15, 0.2) is 0 Å². The lowest BCUT2D eigenvalue weighted by Crippen LogP contribution is -2.11. The van der Waals surface area contributed by atoms with Gasteiger partial charge in [0.25, 0.3) is 5.91 Å². The fourth-order valence-corrected chi connectivity index (χ4v) is 1.41. The van der Waals surface area contributed by atoms with Crippen LogP contribution in [-0.4, -0.2) is 17.2 Å². The molecule has 0 spiro atoms. The standard InChI is InChI=1S/C13H14N2O3/c1-9(2)18-12-5-3-11(4-6-12)15-13(16)10-7-14-17-8-10/h3-9H,1-2H3,(H,15,16). The first kappa shape index (κ1) is 12.2. The maximum atomic E-state index is 11.7. The van der Waals surface area contributed by atoms with E-state index in [1.807, 2.05) is 26.0 Å². The average molecular weight is 246 g/mol. The van der Waals surface area contributed by atoms with Crippen molar-refractivity contribution in [3.8, 4) is 5.75 Å². The van der Waals surface area contributed by atoms with Crippen LogP contribution in [0, 0.1) is 0 Å². The van der Waals surface area contributed by atoms with Crippen LogP contribution in [0.4, 0.5) is 5.69 Å². The quantitative estimate of drug-likeness (QED) is 0.900. The second-order valence-corrected chi connectivity index (χ2v) is 4.06. The number of benzene rings is 1. The van der Waals surface area contributed by atoms with Crippen molar-refractivity contribution in [3.63, 3.8) is 0 Å². The summed E-state index contributed by atoms with van der Waals surface area (Å²) in [5.41, 5.74) is 1.08. The zero-order valence-electron chi connectivity index (χ0n) is 10.2. The molecule has 0 radical (unpaired) electrons. The molecule has 5 heteroatoms. The Hall–Kier alpha value is -2.30. The first-order valence-electron chi connectivity index (χ1n) is 5.62. The molecular formula is C13H14N2O3. The summed E-state index contributed by atoms with van der Waals surface area (Å²) in [5.74, 6) is 0.516. The Bertz CT molecular complexity index is 504. The smallest absolute Gasteiger partial charge is 0.260 e. The lowest BCUT2D eigenvalue weighted by Gasteiger charge is -2.10. The van der Waals surface area contributed by atoms with E-state index in [0.717, 1.165) is 5.75 Å². The normalized spacial score (nSPS) is 10.4. The van der Waals surface area contributed by atoms with Gasteiger partial charge in [0.05, 0.1) is 17.9 Å². The van der Waals surface area contributed by atoms with Gasteiger partial charge < -0.3 is 14.6 Å². The highest BCUT2D eigenvalue weighted by atomic mass is 16.5. The lowest BCUT2D eigenvalue weighted by atomic mass is 10.2. The third-order valence-electron chi connectivity index (χ3n) is 2.18. The van der Waals surface area contributed by atoms with Crippen LogP contribution >= 0.6 is 0 Å². The van der Waals surface area contributed by atoms with Crippen molar-refractivity contribution in [3.05, 3.63) is 42.3 Å². The van der Waals surface area contributed by atoms with Gasteiger partial charge in [0.1, 0.15) is 12.0 Å². The van der Waals surface area contributed by atoms with E-state index >= 15 is 0 Å². The van der Waals surface area contributed by atoms with Gasteiger partial charge in [-0.2, -0.15) is 0 Å². The number of hydrogen-bond acceptors (Lipinski definition) is 4. The second-order valence-electron chi connectivity index (χ2n) is 4.06. The van der Waals surface area contributed by atoms with E-state index in [-0.39, 0.29) is 12.0 Å². The molecule has 0 saturated carbocycles. The maximum absolute atomic E-state index is 11.7. The summed E-state index contributed by atoms with van der Waals surface area (Å²) in [6.45, 7) is 3.92. The van der Waals surface area contributed by atoms with Gasteiger partial charge in [-0.05, 0) is 38.1 Å². The van der Waals surface area contributed by atoms with Gasteiger partial charge in [-0.3, -0.25) is 4.79 Å². The van der Waals surface area contributed by atoms with E-state index in [2.05, 4.69) is 15.0 Å². The number of carbonyl (C=O) groups excluding carboxylic acids is 1. The summed E-state index contributed by atoms with van der Waals surface area (Å²) >= 11 is 0. The molecule has 0 aliphatic carbocycles. The molecule has 0 atom stereocenters. The minimum absolute atomic E-state index is 0.127. The number of anilines is 1. The summed E-state index contributed by atoms with van der Waals surface area (Å²) in [7, 11) is 0. The molecule has 0 fully saturated rings. The van der Waals surface area contributed by atoms with Crippen molar-refractivity contribution in [2.24, 2.45) is 0 Å². The van der Waals surface area contributed by atoms with Gasteiger partial charge in [-0.25, -0.2) is 0 Å². The molecule has 0 saturated heterocycles. The number of nitrogens with one attached hydrogen (secondary N) is 1. The number of nitrogens with zero attached hydrogens (tertiary/aromatic N) is 1. The number of rotatable bonds is 4. The molecule has 5 nitrogen and oxygen atoms in total. The van der Waals surface area contributed by atoms with E-state index < -0.39 is 0 Å². The number of carbonyl (C=O) groups is 1. The summed E-state index contributed by atoms with van der Waals surface area (Å²) in [4.78, 5) is 11.7. The van der Waals surface area contributed by atoms with Crippen molar-refractivity contribution in [1.82, 2.24) is 5.16 Å². The van der Waals surface area contributed by atoms with Crippen molar-refractivity contribution in [2.45, 2.75) is 20.0 Å². The van der Waals surface area contributed by atoms with Gasteiger partial charge in [0, 0.05) is 5.69 Å². The van der Waals surface area contributed by atoms with Gasteiger partial charge >= 0.3 is 0 Å². The van der Waals surface area contributed by atoms with Crippen LogP contribution in [0.2, 0.25) is 0 Å². The number of amides is 1. The van der Waals surface area contributed by atoms with Crippen LogP contribution in [-0.2, 0) is 0 Å². The van der Waals surface area contributed by atoms with Crippen LogP contribution < -0.4 is 10.1 Å². The molecule has 2 aromatic rings. The largest absolute Gasteiger partial charge is 0.491 e. The number of aromatic nitrogens is 1. The molecular weight excluding hydrogens is 232 g/mol. The maximum Gasteiger partial charge on any atom is 0.260 e. The predicted molar refractivity (Wildman–Crippen MR) is 66.7 cm³/mol. The Morgan fingerprint density at radius 3 is 2.61 bits per heavy atom. The Morgan fingerprint density at radius 2 is 2.06 bits per heavy atom. The monoisotopic (exact) mass is 246 g/mol. The van der Waals surface area contributed by atoms with Crippen LogP contribution in [0.5, 0.6) is 5.75 Å². The molecule has 18 heavy (non-hydrogen) atoms. The molecule has 94 valence electrons. The molecule has 0 aliphatic heterocycles. The molecule has 1 amide bonds. The molecule has 0 bridgehead atoms. The predicted octanol–water partition coefficient (Wildman–Crippen LogP) is 2.71. The Labute approximate surface area is 105 Å². The first-order valence-corrected chi connectivity index (χ1v) is 5.62. The summed E-state index contributed by atoms with van der Waals surface area (Å²) in [6.07, 6.45) is 2.79. The fourth-order valence-electron chi connectivity index (χ4n) is 1.41.